The van der Waals surface area contributed by atoms with Crippen LogP contribution in [0.5, 0.6) is 0 Å². The zero-order chi connectivity index (χ0) is 27.2. The summed E-state index contributed by atoms with van der Waals surface area (Å²) in [6, 6.07) is 48.6. The average molecular weight is 527 g/mol. The first kappa shape index (κ1) is 23.5. The lowest BCUT2D eigenvalue weighted by atomic mass is 9.95. The number of fused-ring (bicyclic) bond motifs is 4. The van der Waals surface area contributed by atoms with E-state index in [-0.39, 0.29) is 6.04 Å². The molecule has 3 heteroatoms. The van der Waals surface area contributed by atoms with Crippen molar-refractivity contribution in [1.29, 1.82) is 0 Å². The summed E-state index contributed by atoms with van der Waals surface area (Å²) in [5.41, 5.74) is 8.26. The number of hydrogen-bond donors (Lipinski definition) is 1. The third kappa shape index (κ3) is 4.11. The largest absolute Gasteiger partial charge is 0.456 e. The van der Waals surface area contributed by atoms with Gasteiger partial charge < -0.3 is 9.73 Å². The van der Waals surface area contributed by atoms with Crippen LogP contribution in [-0.4, -0.2) is 5.84 Å². The molecule has 8 rings (SSSR count). The van der Waals surface area contributed by atoms with Gasteiger partial charge in [-0.05, 0) is 51.7 Å². The number of hydrogen-bond acceptors (Lipinski definition) is 3. The number of nitrogens with one attached hydrogen (secondary N) is 1. The molecular weight excluding hydrogens is 500 g/mol. The molecule has 1 atom stereocenters. The third-order valence-electron chi connectivity index (χ3n) is 7.91. The summed E-state index contributed by atoms with van der Waals surface area (Å²) in [5.74, 6) is 0.823. The van der Waals surface area contributed by atoms with Crippen LogP contribution in [-0.2, 0) is 0 Å². The highest BCUT2D eigenvalue weighted by molar-refractivity contribution is 6.16. The molecule has 0 amide bonds. The third-order valence-corrected chi connectivity index (χ3v) is 7.91. The van der Waals surface area contributed by atoms with E-state index in [1.54, 1.807) is 0 Å². The Labute approximate surface area is 238 Å². The fourth-order valence-electron chi connectivity index (χ4n) is 5.96. The van der Waals surface area contributed by atoms with Crippen LogP contribution in [0.1, 0.15) is 22.7 Å². The molecule has 7 aromatic rings. The molecule has 3 nitrogen and oxygen atoms in total. The number of furan rings is 1. The van der Waals surface area contributed by atoms with Gasteiger partial charge in [-0.3, -0.25) is 0 Å². The van der Waals surface area contributed by atoms with Crippen LogP contribution in [0.3, 0.4) is 0 Å². The van der Waals surface area contributed by atoms with Gasteiger partial charge in [-0.2, -0.15) is 0 Å². The minimum absolute atomic E-state index is 0.0378. The van der Waals surface area contributed by atoms with Crippen LogP contribution < -0.4 is 5.32 Å². The highest BCUT2D eigenvalue weighted by Gasteiger charge is 2.23. The SMILES string of the molecule is C1=C(c2cccc3ccccc23)N=C(c2cc(-c3ccccc3)c3c(c2)oc2ccccc23)NC1c1ccccc1. The number of para-hydroxylation sites is 1. The van der Waals surface area contributed by atoms with Crippen molar-refractivity contribution < 1.29 is 4.42 Å². The normalized spacial score (nSPS) is 15.1. The van der Waals surface area contributed by atoms with Crippen LogP contribution in [0.15, 0.2) is 155 Å². The van der Waals surface area contributed by atoms with Crippen LogP contribution in [0.4, 0.5) is 0 Å². The second-order valence-electron chi connectivity index (χ2n) is 10.4. The zero-order valence-electron chi connectivity index (χ0n) is 22.3. The van der Waals surface area contributed by atoms with Crippen molar-refractivity contribution in [2.45, 2.75) is 6.04 Å². The van der Waals surface area contributed by atoms with E-state index in [0.717, 1.165) is 55.7 Å². The lowest BCUT2D eigenvalue weighted by molar-refractivity contribution is 0.668. The Morgan fingerprint density at radius 1 is 0.561 bits per heavy atom. The Kier molecular flexibility index (Phi) is 5.53. The molecule has 0 spiro atoms. The Hall–Kier alpha value is -5.41. The van der Waals surface area contributed by atoms with Crippen LogP contribution in [0.25, 0.3) is 49.5 Å². The monoisotopic (exact) mass is 526 g/mol. The van der Waals surface area contributed by atoms with Crippen molar-refractivity contribution in [1.82, 2.24) is 5.32 Å². The van der Waals surface area contributed by atoms with Gasteiger partial charge in [0.15, 0.2) is 0 Å². The molecule has 0 fully saturated rings. The Balaban J connectivity index is 1.36. The fourth-order valence-corrected chi connectivity index (χ4v) is 5.96. The first-order valence-corrected chi connectivity index (χ1v) is 13.9. The van der Waals surface area contributed by atoms with Crippen molar-refractivity contribution in [2.75, 3.05) is 0 Å². The first-order valence-electron chi connectivity index (χ1n) is 13.9. The van der Waals surface area contributed by atoms with Gasteiger partial charge >= 0.3 is 0 Å². The van der Waals surface area contributed by atoms with Gasteiger partial charge in [0.25, 0.3) is 0 Å². The Bertz CT molecular complexity index is 2120. The molecule has 0 saturated heterocycles. The average Bonchev–Trinajstić information content (AvgIpc) is 3.43. The number of nitrogens with zero attached hydrogens (tertiary/aromatic N) is 1. The molecule has 0 saturated carbocycles. The van der Waals surface area contributed by atoms with E-state index < -0.39 is 0 Å². The van der Waals surface area contributed by atoms with Crippen molar-refractivity contribution in [3.63, 3.8) is 0 Å². The standard InChI is InChI=1S/C38H26N2O/c1-3-12-26(13-4-1)32-22-28(23-36-37(32)31-19-9-10-21-35(31)41-36)38-39-33(27-15-5-2-6-16-27)24-34(40-38)30-20-11-17-25-14-7-8-18-29(25)30/h1-24,33H,(H,39,40). The lowest BCUT2D eigenvalue weighted by Gasteiger charge is -2.25. The molecule has 1 N–H and O–H groups in total. The lowest BCUT2D eigenvalue weighted by Crippen LogP contribution is -2.31. The number of rotatable bonds is 4. The summed E-state index contributed by atoms with van der Waals surface area (Å²) < 4.78 is 6.43. The van der Waals surface area contributed by atoms with E-state index in [4.69, 9.17) is 9.41 Å². The molecule has 6 aromatic carbocycles. The molecule has 2 heterocycles. The molecule has 1 aliphatic heterocycles. The van der Waals surface area contributed by atoms with Crippen LogP contribution in [0, 0.1) is 0 Å². The van der Waals surface area contributed by atoms with Gasteiger partial charge in [0.1, 0.15) is 17.0 Å². The van der Waals surface area contributed by atoms with E-state index >= 15 is 0 Å². The highest BCUT2D eigenvalue weighted by Crippen LogP contribution is 2.39. The maximum atomic E-state index is 6.43. The first-order chi connectivity index (χ1) is 20.3. The summed E-state index contributed by atoms with van der Waals surface area (Å²) in [5, 5.41) is 8.37. The molecule has 0 radical (unpaired) electrons. The number of benzene rings is 6. The van der Waals surface area contributed by atoms with Crippen LogP contribution in [0.2, 0.25) is 0 Å². The molecule has 41 heavy (non-hydrogen) atoms. The van der Waals surface area contributed by atoms with E-state index in [2.05, 4.69) is 139 Å². The topological polar surface area (TPSA) is 37.5 Å². The number of amidine groups is 1. The molecule has 1 unspecified atom stereocenters. The van der Waals surface area contributed by atoms with Gasteiger partial charge in [0.2, 0.25) is 0 Å². The summed E-state index contributed by atoms with van der Waals surface area (Å²) in [7, 11) is 0. The zero-order valence-corrected chi connectivity index (χ0v) is 22.3. The molecule has 194 valence electrons. The van der Waals surface area contributed by atoms with E-state index in [9.17, 15) is 0 Å². The van der Waals surface area contributed by atoms with E-state index in [0.29, 0.717) is 0 Å². The maximum Gasteiger partial charge on any atom is 0.136 e. The van der Waals surface area contributed by atoms with Gasteiger partial charge in [-0.25, -0.2) is 4.99 Å². The second-order valence-corrected chi connectivity index (χ2v) is 10.4. The minimum Gasteiger partial charge on any atom is -0.456 e. The van der Waals surface area contributed by atoms with Gasteiger partial charge in [0, 0.05) is 21.9 Å². The smallest absolute Gasteiger partial charge is 0.136 e. The Morgan fingerprint density at radius 3 is 2.12 bits per heavy atom. The van der Waals surface area contributed by atoms with Crippen LogP contribution >= 0.6 is 0 Å². The van der Waals surface area contributed by atoms with Gasteiger partial charge in [0.05, 0.1) is 11.7 Å². The quantitative estimate of drug-likeness (QED) is 0.248. The molecule has 1 aromatic heterocycles. The summed E-state index contributed by atoms with van der Waals surface area (Å²) in [6.45, 7) is 0. The minimum atomic E-state index is -0.0378. The number of aliphatic imine (C=N–C) groups is 1. The second kappa shape index (κ2) is 9.65. The molecule has 0 bridgehead atoms. The van der Waals surface area contributed by atoms with Gasteiger partial charge in [-0.1, -0.05) is 121 Å². The van der Waals surface area contributed by atoms with Crippen molar-refractivity contribution >= 4 is 44.2 Å². The predicted molar refractivity (Wildman–Crippen MR) is 170 cm³/mol. The Morgan fingerprint density at radius 2 is 1.27 bits per heavy atom. The molecule has 1 aliphatic rings. The summed E-state index contributed by atoms with van der Waals surface area (Å²) in [4.78, 5) is 5.27. The highest BCUT2D eigenvalue weighted by atomic mass is 16.3. The van der Waals surface area contributed by atoms with Crippen molar-refractivity contribution in [3.8, 4) is 11.1 Å². The van der Waals surface area contributed by atoms with E-state index in [1.807, 2.05) is 12.1 Å². The maximum absolute atomic E-state index is 6.43. The summed E-state index contributed by atoms with van der Waals surface area (Å²) >= 11 is 0. The predicted octanol–water partition coefficient (Wildman–Crippen LogP) is 9.54. The van der Waals surface area contributed by atoms with Crippen molar-refractivity contribution in [2.24, 2.45) is 4.99 Å². The van der Waals surface area contributed by atoms with Gasteiger partial charge in [-0.15, -0.1) is 0 Å². The van der Waals surface area contributed by atoms with Crippen molar-refractivity contribution in [3.05, 3.63) is 162 Å². The molecular formula is C38H26N2O. The van der Waals surface area contributed by atoms with E-state index in [1.165, 1.54) is 16.3 Å². The summed E-state index contributed by atoms with van der Waals surface area (Å²) in [6.07, 6.45) is 2.23. The fraction of sp³-hybridized carbons (Fsp3) is 0.0263. The molecule has 0 aliphatic carbocycles.